The number of carbonyl (C=O) groups excluding carboxylic acids is 1. The molecule has 130 valence electrons. The van der Waals surface area contributed by atoms with Crippen molar-refractivity contribution in [2.24, 2.45) is 5.84 Å². The number of hydrazine groups is 1. The van der Waals surface area contributed by atoms with Gasteiger partial charge in [-0.15, -0.1) is 0 Å². The van der Waals surface area contributed by atoms with Gasteiger partial charge in [0.25, 0.3) is 0 Å². The highest BCUT2D eigenvalue weighted by molar-refractivity contribution is 5.77. The van der Waals surface area contributed by atoms with Crippen molar-refractivity contribution in [3.8, 4) is 5.82 Å². The number of benzene rings is 1. The van der Waals surface area contributed by atoms with Crippen molar-refractivity contribution in [1.82, 2.24) is 20.2 Å². The number of rotatable bonds is 6. The highest BCUT2D eigenvalue weighted by Crippen LogP contribution is 2.10. The number of nitrogens with zero attached hydrogens (tertiary/aromatic N) is 3. The number of amides is 1. The van der Waals surface area contributed by atoms with E-state index in [4.69, 9.17) is 5.84 Å². The molecular weight excluding hydrogens is 314 g/mol. The number of aromatic nitrogens is 3. The summed E-state index contributed by atoms with van der Waals surface area (Å²) >= 11 is 0. The summed E-state index contributed by atoms with van der Waals surface area (Å²) in [6.07, 6.45) is 5.64. The Balaban J connectivity index is 0.00000225. The Morgan fingerprint density at radius 2 is 1.80 bits per heavy atom. The lowest BCUT2D eigenvalue weighted by Crippen LogP contribution is -2.31. The second-order valence-corrected chi connectivity index (χ2v) is 5.50. The summed E-state index contributed by atoms with van der Waals surface area (Å²) in [4.78, 5) is 15.9. The second kappa shape index (κ2) is 8.75. The van der Waals surface area contributed by atoms with Crippen LogP contribution < -0.4 is 11.3 Å². The minimum absolute atomic E-state index is 0. The summed E-state index contributed by atoms with van der Waals surface area (Å²) in [7, 11) is 0. The molecule has 2 heterocycles. The zero-order valence-electron chi connectivity index (χ0n) is 13.2. The molecule has 0 saturated carbocycles. The third-order valence-electron chi connectivity index (χ3n) is 3.75. The van der Waals surface area contributed by atoms with Crippen LogP contribution in [0.1, 0.15) is 24.2 Å². The second-order valence-electron chi connectivity index (χ2n) is 5.50. The fourth-order valence-electron chi connectivity index (χ4n) is 2.47. The quantitative estimate of drug-likeness (QED) is 0.410. The molecule has 2 aromatic heterocycles. The molecule has 3 rings (SSSR count). The number of hydrogen-bond donors (Lipinski definition) is 2. The first-order valence-corrected chi connectivity index (χ1v) is 7.78. The van der Waals surface area contributed by atoms with Gasteiger partial charge in [0.05, 0.1) is 6.42 Å². The molecule has 25 heavy (non-hydrogen) atoms. The summed E-state index contributed by atoms with van der Waals surface area (Å²) < 4.78 is 1.75. The van der Waals surface area contributed by atoms with Crippen molar-refractivity contribution >= 4 is 5.91 Å². The molecule has 3 aromatic rings. The van der Waals surface area contributed by atoms with Crippen LogP contribution in [0.15, 0.2) is 60.9 Å². The van der Waals surface area contributed by atoms with Gasteiger partial charge in [-0.25, -0.2) is 15.5 Å². The Hall–Kier alpha value is -2.99. The van der Waals surface area contributed by atoms with Crippen LogP contribution in [-0.4, -0.2) is 20.7 Å². The van der Waals surface area contributed by atoms with Gasteiger partial charge in [-0.05, 0) is 42.2 Å². The minimum atomic E-state index is -0.192. The first-order chi connectivity index (χ1) is 11.7. The third-order valence-corrected chi connectivity index (χ3v) is 3.75. The molecule has 0 bridgehead atoms. The third kappa shape index (κ3) is 4.99. The molecule has 0 radical (unpaired) electrons. The lowest BCUT2D eigenvalue weighted by atomic mass is 10.0. The van der Waals surface area contributed by atoms with Gasteiger partial charge in [0.15, 0.2) is 5.82 Å². The summed E-state index contributed by atoms with van der Waals surface area (Å²) in [6, 6.07) is 15.8. The van der Waals surface area contributed by atoms with E-state index in [0.717, 1.165) is 29.9 Å². The minimum Gasteiger partial charge on any atom is -0.294 e. The molecule has 1 aromatic carbocycles. The number of carbonyl (C=O) groups is 1. The summed E-state index contributed by atoms with van der Waals surface area (Å²) in [5.41, 5.74) is 5.31. The van der Waals surface area contributed by atoms with Gasteiger partial charge in [0, 0.05) is 18.1 Å². The van der Waals surface area contributed by atoms with Crippen molar-refractivity contribution < 1.29 is 4.79 Å². The van der Waals surface area contributed by atoms with Crippen LogP contribution in [0.2, 0.25) is 0 Å². The summed E-state index contributed by atoms with van der Waals surface area (Å²) in [6.45, 7) is 0. The average Bonchev–Trinajstić information content (AvgIpc) is 3.16. The molecule has 6 heteroatoms. The fourth-order valence-corrected chi connectivity index (χ4v) is 2.47. The van der Waals surface area contributed by atoms with E-state index in [1.165, 1.54) is 5.56 Å². The molecule has 1 amide bonds. The molecular formula is C19H23N5O. The van der Waals surface area contributed by atoms with Crippen molar-refractivity contribution in [2.75, 3.05) is 0 Å². The molecule has 0 unspecified atom stereocenters. The predicted molar refractivity (Wildman–Crippen MR) is 98.0 cm³/mol. The number of nitrogens with one attached hydrogen (secondary N) is 1. The van der Waals surface area contributed by atoms with Gasteiger partial charge in [-0.1, -0.05) is 37.8 Å². The Labute approximate surface area is 147 Å². The molecule has 0 aliphatic carbocycles. The largest absolute Gasteiger partial charge is 0.294 e. The SMILES string of the molecule is C.NNC(=O)Cc1ccc(CCc2cccc(-n3cccn3)n2)cc1. The highest BCUT2D eigenvalue weighted by Gasteiger charge is 2.03. The Morgan fingerprint density at radius 3 is 2.48 bits per heavy atom. The van der Waals surface area contributed by atoms with E-state index >= 15 is 0 Å². The van der Waals surface area contributed by atoms with E-state index in [-0.39, 0.29) is 13.3 Å². The van der Waals surface area contributed by atoms with Crippen LogP contribution in [-0.2, 0) is 24.1 Å². The Morgan fingerprint density at radius 1 is 1.04 bits per heavy atom. The van der Waals surface area contributed by atoms with Gasteiger partial charge in [-0.3, -0.25) is 10.2 Å². The zero-order chi connectivity index (χ0) is 16.8. The maximum absolute atomic E-state index is 11.3. The number of hydrogen-bond acceptors (Lipinski definition) is 4. The Bertz CT molecular complexity index is 797. The van der Waals surface area contributed by atoms with Gasteiger partial charge in [0.1, 0.15) is 0 Å². The van der Waals surface area contributed by atoms with Gasteiger partial charge in [-0.2, -0.15) is 5.10 Å². The molecule has 0 spiro atoms. The van der Waals surface area contributed by atoms with Gasteiger partial charge < -0.3 is 0 Å². The maximum atomic E-state index is 11.3. The molecule has 0 aliphatic rings. The van der Waals surface area contributed by atoms with E-state index in [1.807, 2.05) is 54.7 Å². The number of pyridine rings is 1. The van der Waals surface area contributed by atoms with Crippen LogP contribution in [0.25, 0.3) is 5.82 Å². The van der Waals surface area contributed by atoms with Crippen molar-refractivity contribution in [1.29, 1.82) is 0 Å². The highest BCUT2D eigenvalue weighted by atomic mass is 16.2. The van der Waals surface area contributed by atoms with E-state index in [0.29, 0.717) is 6.42 Å². The topological polar surface area (TPSA) is 85.8 Å². The monoisotopic (exact) mass is 337 g/mol. The summed E-state index contributed by atoms with van der Waals surface area (Å²) in [5, 5.41) is 4.20. The first-order valence-electron chi connectivity index (χ1n) is 7.78. The van der Waals surface area contributed by atoms with Gasteiger partial charge in [0.2, 0.25) is 5.91 Å². The fraction of sp³-hybridized carbons (Fsp3) is 0.211. The number of nitrogens with two attached hydrogens (primary N) is 1. The van der Waals surface area contributed by atoms with Crippen LogP contribution >= 0.6 is 0 Å². The van der Waals surface area contributed by atoms with E-state index < -0.39 is 0 Å². The van der Waals surface area contributed by atoms with Crippen LogP contribution in [0.3, 0.4) is 0 Å². The van der Waals surface area contributed by atoms with E-state index in [9.17, 15) is 4.79 Å². The molecule has 6 nitrogen and oxygen atoms in total. The standard InChI is InChI=1S/C18H19N5O.CH4/c19-22-18(24)13-15-7-5-14(6-8-15)9-10-16-3-1-4-17(21-16)23-12-2-11-20-23;/h1-8,11-12H,9-10,13,19H2,(H,22,24);1H4. The van der Waals surface area contributed by atoms with Crippen molar-refractivity contribution in [3.63, 3.8) is 0 Å². The molecule has 0 aliphatic heterocycles. The Kier molecular flexibility index (Phi) is 6.42. The zero-order valence-corrected chi connectivity index (χ0v) is 13.2. The van der Waals surface area contributed by atoms with E-state index in [2.05, 4.69) is 15.5 Å². The maximum Gasteiger partial charge on any atom is 0.238 e. The van der Waals surface area contributed by atoms with Gasteiger partial charge >= 0.3 is 0 Å². The normalized spacial score (nSPS) is 10.1. The van der Waals surface area contributed by atoms with Crippen LogP contribution in [0, 0.1) is 0 Å². The molecule has 3 N–H and O–H groups in total. The number of aryl methyl sites for hydroxylation is 2. The summed E-state index contributed by atoms with van der Waals surface area (Å²) in [5.74, 6) is 5.72. The molecule has 0 saturated heterocycles. The van der Waals surface area contributed by atoms with Crippen LogP contribution in [0.4, 0.5) is 0 Å². The van der Waals surface area contributed by atoms with Crippen LogP contribution in [0.5, 0.6) is 0 Å². The lowest BCUT2D eigenvalue weighted by Gasteiger charge is -2.06. The average molecular weight is 337 g/mol. The van der Waals surface area contributed by atoms with Crippen molar-refractivity contribution in [2.45, 2.75) is 26.7 Å². The van der Waals surface area contributed by atoms with E-state index in [1.54, 1.807) is 10.9 Å². The smallest absolute Gasteiger partial charge is 0.238 e. The molecule has 0 atom stereocenters. The lowest BCUT2D eigenvalue weighted by molar-refractivity contribution is -0.120. The predicted octanol–water partition coefficient (Wildman–Crippen LogP) is 2.22. The molecule has 0 fully saturated rings. The van der Waals surface area contributed by atoms with Crippen molar-refractivity contribution in [3.05, 3.63) is 77.7 Å². The first kappa shape index (κ1) is 18.4.